The van der Waals surface area contributed by atoms with Crippen molar-refractivity contribution in [2.45, 2.75) is 54.5 Å². The monoisotopic (exact) mass is 455 g/mol. The number of para-hydroxylation sites is 1. The van der Waals surface area contributed by atoms with Crippen LogP contribution in [0.25, 0.3) is 10.2 Å². The van der Waals surface area contributed by atoms with Gasteiger partial charge in [0.05, 0.1) is 12.3 Å². The number of hydrogen-bond donors (Lipinski definition) is 2. The topological polar surface area (TPSA) is 89.4 Å². The Kier molecular flexibility index (Phi) is 7.03. The van der Waals surface area contributed by atoms with Crippen LogP contribution in [-0.2, 0) is 27.3 Å². The Labute approximate surface area is 191 Å². The molecule has 0 saturated heterocycles. The first kappa shape index (κ1) is 23.5. The number of esters is 1. The molecule has 3 rings (SSSR count). The maximum atomic E-state index is 13.1. The first-order valence-electron chi connectivity index (χ1n) is 10.6. The highest BCUT2D eigenvalue weighted by molar-refractivity contribution is 7.19. The Morgan fingerprint density at radius 2 is 1.78 bits per heavy atom. The number of aryl methyl sites for hydroxylation is 4. The van der Waals surface area contributed by atoms with Gasteiger partial charge in [0.15, 0.2) is 5.69 Å². The molecule has 8 heteroatoms. The number of anilines is 2. The van der Waals surface area contributed by atoms with Crippen LogP contribution < -0.4 is 10.6 Å². The Morgan fingerprint density at radius 1 is 1.06 bits per heavy atom. The number of rotatable bonds is 7. The van der Waals surface area contributed by atoms with Crippen molar-refractivity contribution in [2.75, 3.05) is 17.2 Å². The van der Waals surface area contributed by atoms with Crippen LogP contribution in [0.5, 0.6) is 0 Å². The standard InChI is InChI=1S/C24H29N3O4S/c1-7-17-11-9-10-13(3)20(17)26-18(29)12-27-22(24(30)31-8-2)21(25-16(6)28)19-14(4)15(5)32-23(19)27/h9-11H,7-8,12H2,1-6H3,(H,25,28)(H,26,29). The minimum absolute atomic E-state index is 0.0822. The third kappa shape index (κ3) is 4.41. The average molecular weight is 456 g/mol. The average Bonchev–Trinajstić information content (AvgIpc) is 3.17. The smallest absolute Gasteiger partial charge is 0.357 e. The highest BCUT2D eigenvalue weighted by Gasteiger charge is 2.29. The molecule has 0 spiro atoms. The van der Waals surface area contributed by atoms with E-state index in [9.17, 15) is 14.4 Å². The van der Waals surface area contributed by atoms with Gasteiger partial charge in [-0.1, -0.05) is 25.1 Å². The van der Waals surface area contributed by atoms with Crippen molar-refractivity contribution in [1.29, 1.82) is 0 Å². The predicted molar refractivity (Wildman–Crippen MR) is 129 cm³/mol. The van der Waals surface area contributed by atoms with Gasteiger partial charge in [-0.05, 0) is 50.8 Å². The van der Waals surface area contributed by atoms with Crippen molar-refractivity contribution in [3.8, 4) is 0 Å². The van der Waals surface area contributed by atoms with Crippen LogP contribution >= 0.6 is 11.3 Å². The van der Waals surface area contributed by atoms with Crippen molar-refractivity contribution in [3.63, 3.8) is 0 Å². The van der Waals surface area contributed by atoms with Crippen molar-refractivity contribution in [3.05, 3.63) is 45.5 Å². The quantitative estimate of drug-likeness (QED) is 0.493. The van der Waals surface area contributed by atoms with E-state index in [0.717, 1.165) is 43.9 Å². The van der Waals surface area contributed by atoms with Gasteiger partial charge in [0.1, 0.15) is 11.4 Å². The molecule has 0 aliphatic heterocycles. The molecule has 0 fully saturated rings. The first-order chi connectivity index (χ1) is 15.2. The minimum atomic E-state index is -0.574. The summed E-state index contributed by atoms with van der Waals surface area (Å²) in [5.74, 6) is -1.13. The van der Waals surface area contributed by atoms with Gasteiger partial charge in [-0.3, -0.25) is 9.59 Å². The van der Waals surface area contributed by atoms with Gasteiger partial charge in [0.25, 0.3) is 0 Å². The van der Waals surface area contributed by atoms with E-state index in [2.05, 4.69) is 10.6 Å². The summed E-state index contributed by atoms with van der Waals surface area (Å²) in [6.07, 6.45) is 0.787. The molecule has 170 valence electrons. The number of carbonyl (C=O) groups is 3. The molecule has 7 nitrogen and oxygen atoms in total. The summed E-state index contributed by atoms with van der Waals surface area (Å²) in [5.41, 5.74) is 4.35. The zero-order valence-electron chi connectivity index (χ0n) is 19.3. The second-order valence-corrected chi connectivity index (χ2v) is 8.89. The molecule has 0 aliphatic rings. The van der Waals surface area contributed by atoms with Crippen LogP contribution in [0, 0.1) is 20.8 Å². The normalized spacial score (nSPS) is 10.9. The molecule has 2 amide bonds. The minimum Gasteiger partial charge on any atom is -0.461 e. The highest BCUT2D eigenvalue weighted by Crippen LogP contribution is 2.40. The van der Waals surface area contributed by atoms with Gasteiger partial charge in [-0.25, -0.2) is 4.79 Å². The predicted octanol–water partition coefficient (Wildman–Crippen LogP) is 4.96. The molecule has 2 N–H and O–H groups in total. The van der Waals surface area contributed by atoms with Crippen LogP contribution in [0.4, 0.5) is 11.4 Å². The van der Waals surface area contributed by atoms with Crippen molar-refractivity contribution in [2.24, 2.45) is 0 Å². The van der Waals surface area contributed by atoms with E-state index in [1.165, 1.54) is 18.3 Å². The summed E-state index contributed by atoms with van der Waals surface area (Å²) >= 11 is 1.49. The van der Waals surface area contributed by atoms with Gasteiger partial charge >= 0.3 is 5.97 Å². The fourth-order valence-corrected chi connectivity index (χ4v) is 5.00. The summed E-state index contributed by atoms with van der Waals surface area (Å²) < 4.78 is 6.93. The fraction of sp³-hybridized carbons (Fsp3) is 0.375. The van der Waals surface area contributed by atoms with E-state index in [0.29, 0.717) is 5.69 Å². The largest absolute Gasteiger partial charge is 0.461 e. The molecule has 0 atom stereocenters. The van der Waals surface area contributed by atoms with Crippen molar-refractivity contribution >= 4 is 50.7 Å². The lowest BCUT2D eigenvalue weighted by molar-refractivity contribution is -0.116. The molecule has 0 radical (unpaired) electrons. The molecule has 0 aliphatic carbocycles. The van der Waals surface area contributed by atoms with E-state index >= 15 is 0 Å². The van der Waals surface area contributed by atoms with Gasteiger partial charge in [-0.15, -0.1) is 11.3 Å². The van der Waals surface area contributed by atoms with Gasteiger partial charge in [0.2, 0.25) is 11.8 Å². The van der Waals surface area contributed by atoms with E-state index in [4.69, 9.17) is 4.74 Å². The maximum absolute atomic E-state index is 13.1. The summed E-state index contributed by atoms with van der Waals surface area (Å²) in [6, 6.07) is 5.91. The number of fused-ring (bicyclic) bond motifs is 1. The Hall–Kier alpha value is -3.13. The molecule has 32 heavy (non-hydrogen) atoms. The number of amides is 2. The van der Waals surface area contributed by atoms with Crippen LogP contribution in [0.15, 0.2) is 18.2 Å². The number of ether oxygens (including phenoxy) is 1. The molecule has 0 saturated carbocycles. The fourth-order valence-electron chi connectivity index (χ4n) is 3.83. The number of benzene rings is 1. The molecular formula is C24H29N3O4S. The number of thiophene rings is 1. The molecule has 0 bridgehead atoms. The second-order valence-electron chi connectivity index (χ2n) is 7.69. The van der Waals surface area contributed by atoms with E-state index in [1.54, 1.807) is 11.5 Å². The lowest BCUT2D eigenvalue weighted by Gasteiger charge is -2.15. The van der Waals surface area contributed by atoms with Gasteiger partial charge in [-0.2, -0.15) is 0 Å². The third-order valence-electron chi connectivity index (χ3n) is 5.44. The number of aromatic nitrogens is 1. The Bertz CT molecular complexity index is 1210. The molecular weight excluding hydrogens is 426 g/mol. The SMILES string of the molecule is CCOC(=O)c1c(NC(C)=O)c2c(C)c(C)sc2n1CC(=O)Nc1c(C)cccc1CC. The Balaban J connectivity index is 2.12. The van der Waals surface area contributed by atoms with Crippen LogP contribution in [0.1, 0.15) is 52.8 Å². The first-order valence-corrected chi connectivity index (χ1v) is 11.5. The zero-order valence-corrected chi connectivity index (χ0v) is 20.2. The van der Waals surface area contributed by atoms with Crippen molar-refractivity contribution in [1.82, 2.24) is 4.57 Å². The zero-order chi connectivity index (χ0) is 23.6. The molecule has 0 unspecified atom stereocenters. The summed E-state index contributed by atoms with van der Waals surface area (Å²) in [6.45, 7) is 11.1. The lowest BCUT2D eigenvalue weighted by Crippen LogP contribution is -2.23. The maximum Gasteiger partial charge on any atom is 0.357 e. The van der Waals surface area contributed by atoms with E-state index < -0.39 is 5.97 Å². The molecule has 2 heterocycles. The number of carbonyl (C=O) groups excluding carboxylic acids is 3. The summed E-state index contributed by atoms with van der Waals surface area (Å²) in [7, 11) is 0. The van der Waals surface area contributed by atoms with Gasteiger partial charge in [0, 0.05) is 22.9 Å². The number of hydrogen-bond acceptors (Lipinski definition) is 5. The summed E-state index contributed by atoms with van der Waals surface area (Å²) in [4.78, 5) is 39.8. The summed E-state index contributed by atoms with van der Waals surface area (Å²) in [5, 5.41) is 6.58. The molecule has 3 aromatic rings. The molecule has 2 aromatic heterocycles. The molecule has 1 aromatic carbocycles. The lowest BCUT2D eigenvalue weighted by atomic mass is 10.1. The Morgan fingerprint density at radius 3 is 2.41 bits per heavy atom. The van der Waals surface area contributed by atoms with Crippen LogP contribution in [0.2, 0.25) is 0 Å². The van der Waals surface area contributed by atoms with E-state index in [-0.39, 0.29) is 30.7 Å². The van der Waals surface area contributed by atoms with Crippen LogP contribution in [-0.4, -0.2) is 29.0 Å². The van der Waals surface area contributed by atoms with Crippen LogP contribution in [0.3, 0.4) is 0 Å². The van der Waals surface area contributed by atoms with E-state index in [1.807, 2.05) is 45.9 Å². The van der Waals surface area contributed by atoms with Gasteiger partial charge < -0.3 is 19.9 Å². The third-order valence-corrected chi connectivity index (χ3v) is 6.67. The number of nitrogens with zero attached hydrogens (tertiary/aromatic N) is 1. The number of nitrogens with one attached hydrogen (secondary N) is 2. The highest BCUT2D eigenvalue weighted by atomic mass is 32.1. The van der Waals surface area contributed by atoms with Crippen molar-refractivity contribution < 1.29 is 19.1 Å². The second kappa shape index (κ2) is 9.56.